The Morgan fingerprint density at radius 2 is 1.94 bits per heavy atom. The van der Waals surface area contributed by atoms with Crippen molar-refractivity contribution < 1.29 is 9.53 Å². The summed E-state index contributed by atoms with van der Waals surface area (Å²) in [4.78, 5) is 11.3. The topological polar surface area (TPSA) is 26.3 Å². The van der Waals surface area contributed by atoms with Gasteiger partial charge in [0.15, 0.2) is 0 Å². The summed E-state index contributed by atoms with van der Waals surface area (Å²) in [6, 6.07) is 0. The van der Waals surface area contributed by atoms with Gasteiger partial charge in [-0.15, -0.1) is 11.6 Å². The molecule has 0 heterocycles. The molecule has 1 unspecified atom stereocenters. The van der Waals surface area contributed by atoms with Crippen molar-refractivity contribution >= 4 is 17.6 Å². The van der Waals surface area contributed by atoms with Crippen molar-refractivity contribution in [2.45, 2.75) is 76.2 Å². The van der Waals surface area contributed by atoms with Crippen molar-refractivity contribution in [2.75, 3.05) is 0 Å². The van der Waals surface area contributed by atoms with Gasteiger partial charge in [-0.05, 0) is 25.7 Å². The molecule has 0 spiro atoms. The Hall–Kier alpha value is -0.240. The normalized spacial score (nSPS) is 21.4. The molecule has 1 aliphatic carbocycles. The molecular formula is C13H23ClO2. The Kier molecular flexibility index (Phi) is 5.60. The van der Waals surface area contributed by atoms with E-state index in [4.69, 9.17) is 16.3 Å². The first-order chi connectivity index (χ1) is 7.62. The first-order valence-corrected chi connectivity index (χ1v) is 6.90. The fraction of sp³-hybridized carbons (Fsp3) is 0.923. The van der Waals surface area contributed by atoms with E-state index in [0.717, 1.165) is 44.9 Å². The maximum atomic E-state index is 12.0. The highest BCUT2D eigenvalue weighted by Gasteiger charge is 2.39. The van der Waals surface area contributed by atoms with E-state index < -0.39 is 4.87 Å². The van der Waals surface area contributed by atoms with Crippen molar-refractivity contribution in [2.24, 2.45) is 0 Å². The summed E-state index contributed by atoms with van der Waals surface area (Å²) in [7, 11) is 0. The number of carbonyl (C=O) groups excluding carboxylic acids is 1. The Bertz CT molecular complexity index is 222. The summed E-state index contributed by atoms with van der Waals surface area (Å²) in [5.74, 6) is -0.186. The highest BCUT2D eigenvalue weighted by atomic mass is 35.5. The number of hydrogen-bond acceptors (Lipinski definition) is 2. The Morgan fingerprint density at radius 3 is 2.44 bits per heavy atom. The minimum Gasteiger partial charge on any atom is -0.461 e. The lowest BCUT2D eigenvalue weighted by molar-refractivity contribution is -0.154. The molecule has 1 aliphatic rings. The van der Waals surface area contributed by atoms with Gasteiger partial charge < -0.3 is 4.74 Å². The number of alkyl halides is 1. The molecule has 1 atom stereocenters. The van der Waals surface area contributed by atoms with Gasteiger partial charge in [0.05, 0.1) is 0 Å². The summed E-state index contributed by atoms with van der Waals surface area (Å²) in [5, 5.41) is 0. The third-order valence-electron chi connectivity index (χ3n) is 3.35. The zero-order valence-electron chi connectivity index (χ0n) is 10.4. The molecule has 0 aromatic rings. The third-order valence-corrected chi connectivity index (χ3v) is 3.88. The van der Waals surface area contributed by atoms with Gasteiger partial charge in [-0.2, -0.15) is 0 Å². The monoisotopic (exact) mass is 246 g/mol. The second-order valence-electron chi connectivity index (χ2n) is 4.75. The van der Waals surface area contributed by atoms with E-state index in [1.165, 1.54) is 6.42 Å². The van der Waals surface area contributed by atoms with Crippen molar-refractivity contribution in [3.05, 3.63) is 0 Å². The summed E-state index contributed by atoms with van der Waals surface area (Å²) in [6.45, 7) is 4.16. The Labute approximate surface area is 104 Å². The molecule has 0 bridgehead atoms. The van der Waals surface area contributed by atoms with Crippen LogP contribution in [0.3, 0.4) is 0 Å². The van der Waals surface area contributed by atoms with Crippen LogP contribution in [0.5, 0.6) is 0 Å². The van der Waals surface area contributed by atoms with Gasteiger partial charge in [-0.1, -0.05) is 39.5 Å². The van der Waals surface area contributed by atoms with E-state index in [1.54, 1.807) is 0 Å². The fourth-order valence-corrected chi connectivity index (χ4v) is 2.55. The number of esters is 1. The van der Waals surface area contributed by atoms with Crippen LogP contribution in [0.1, 0.15) is 65.2 Å². The van der Waals surface area contributed by atoms with Gasteiger partial charge >= 0.3 is 5.97 Å². The van der Waals surface area contributed by atoms with Gasteiger partial charge in [0.25, 0.3) is 0 Å². The van der Waals surface area contributed by atoms with Crippen LogP contribution in [-0.4, -0.2) is 16.9 Å². The molecule has 0 aliphatic heterocycles. The molecule has 3 heteroatoms. The molecule has 0 saturated heterocycles. The number of carbonyl (C=O) groups is 1. The molecule has 2 nitrogen and oxygen atoms in total. The lowest BCUT2D eigenvalue weighted by Gasteiger charge is -2.30. The largest absolute Gasteiger partial charge is 0.461 e. The van der Waals surface area contributed by atoms with Crippen LogP contribution in [0.2, 0.25) is 0 Å². The number of hydrogen-bond donors (Lipinski definition) is 0. The van der Waals surface area contributed by atoms with E-state index in [9.17, 15) is 4.79 Å². The molecule has 16 heavy (non-hydrogen) atoms. The van der Waals surface area contributed by atoms with E-state index >= 15 is 0 Å². The molecule has 0 N–H and O–H groups in total. The highest BCUT2D eigenvalue weighted by Crippen LogP contribution is 2.35. The lowest BCUT2D eigenvalue weighted by Crippen LogP contribution is -2.38. The molecule has 0 radical (unpaired) electrons. The van der Waals surface area contributed by atoms with Gasteiger partial charge in [-0.3, -0.25) is 4.79 Å². The predicted octanol–water partition coefficient (Wildman–Crippen LogP) is 4.05. The van der Waals surface area contributed by atoms with Crippen molar-refractivity contribution in [1.29, 1.82) is 0 Å². The van der Waals surface area contributed by atoms with E-state index in [1.807, 2.05) is 0 Å². The second kappa shape index (κ2) is 6.48. The van der Waals surface area contributed by atoms with Crippen LogP contribution in [0.4, 0.5) is 0 Å². The predicted molar refractivity (Wildman–Crippen MR) is 66.7 cm³/mol. The third kappa shape index (κ3) is 3.65. The summed E-state index contributed by atoms with van der Waals surface area (Å²) >= 11 is 6.35. The van der Waals surface area contributed by atoms with Gasteiger partial charge in [0.1, 0.15) is 11.0 Å². The summed E-state index contributed by atoms with van der Waals surface area (Å²) in [6.07, 6.45) is 7.74. The number of halogens is 1. The maximum Gasteiger partial charge on any atom is 0.327 e. The molecule has 1 rings (SSSR count). The van der Waals surface area contributed by atoms with Crippen molar-refractivity contribution in [1.82, 2.24) is 0 Å². The zero-order valence-corrected chi connectivity index (χ0v) is 11.2. The van der Waals surface area contributed by atoms with Gasteiger partial charge in [0, 0.05) is 0 Å². The van der Waals surface area contributed by atoms with Crippen LogP contribution in [0.25, 0.3) is 0 Å². The maximum absolute atomic E-state index is 12.0. The van der Waals surface area contributed by atoms with E-state index in [0.29, 0.717) is 0 Å². The molecule has 1 saturated carbocycles. The fourth-order valence-electron chi connectivity index (χ4n) is 2.24. The van der Waals surface area contributed by atoms with Crippen LogP contribution >= 0.6 is 11.6 Å². The van der Waals surface area contributed by atoms with Crippen LogP contribution in [0.15, 0.2) is 0 Å². The summed E-state index contributed by atoms with van der Waals surface area (Å²) < 4.78 is 5.51. The van der Waals surface area contributed by atoms with Crippen molar-refractivity contribution in [3.8, 4) is 0 Å². The molecule has 0 aromatic carbocycles. The van der Waals surface area contributed by atoms with Crippen LogP contribution < -0.4 is 0 Å². The zero-order chi connectivity index (χ0) is 12.0. The highest BCUT2D eigenvalue weighted by molar-refractivity contribution is 6.34. The molecule has 1 fully saturated rings. The standard InChI is InChI=1S/C13H23ClO2/c1-3-8-11(4-2)16-12(15)13(14)9-6-5-7-10-13/h11H,3-10H2,1-2H3. The van der Waals surface area contributed by atoms with Crippen LogP contribution in [-0.2, 0) is 9.53 Å². The average Bonchev–Trinajstić information content (AvgIpc) is 2.29. The number of ether oxygens (including phenoxy) is 1. The van der Waals surface area contributed by atoms with Gasteiger partial charge in [0.2, 0.25) is 0 Å². The smallest absolute Gasteiger partial charge is 0.327 e. The lowest BCUT2D eigenvalue weighted by atomic mass is 9.88. The first kappa shape index (κ1) is 13.8. The number of rotatable bonds is 5. The summed E-state index contributed by atoms with van der Waals surface area (Å²) in [5.41, 5.74) is 0. The average molecular weight is 247 g/mol. The SMILES string of the molecule is CCCC(CC)OC(=O)C1(Cl)CCCCC1. The van der Waals surface area contributed by atoms with E-state index in [2.05, 4.69) is 13.8 Å². The Balaban J connectivity index is 2.48. The van der Waals surface area contributed by atoms with Gasteiger partial charge in [-0.25, -0.2) is 0 Å². The molecular weight excluding hydrogens is 224 g/mol. The molecule has 0 amide bonds. The molecule has 0 aromatic heterocycles. The first-order valence-electron chi connectivity index (χ1n) is 6.52. The minimum absolute atomic E-state index is 0.0510. The van der Waals surface area contributed by atoms with E-state index in [-0.39, 0.29) is 12.1 Å². The molecule has 94 valence electrons. The van der Waals surface area contributed by atoms with Crippen molar-refractivity contribution in [3.63, 3.8) is 0 Å². The van der Waals surface area contributed by atoms with Crippen LogP contribution in [0, 0.1) is 0 Å². The Morgan fingerprint density at radius 1 is 1.31 bits per heavy atom. The second-order valence-corrected chi connectivity index (χ2v) is 5.47. The minimum atomic E-state index is -0.723. The quantitative estimate of drug-likeness (QED) is 0.540.